The summed E-state index contributed by atoms with van der Waals surface area (Å²) in [6.07, 6.45) is 40.2. The van der Waals surface area contributed by atoms with E-state index < -0.39 is 75.2 Å². The molecule has 9 N–H and O–H groups in total. The first-order valence-corrected chi connectivity index (χ1v) is 28.3. The van der Waals surface area contributed by atoms with Gasteiger partial charge in [0.15, 0.2) is 0 Å². The van der Waals surface area contributed by atoms with Gasteiger partial charge in [-0.3, -0.25) is 13.8 Å². The number of aliphatic hydroxyl groups excluding tert-OH is 7. The van der Waals surface area contributed by atoms with Crippen molar-refractivity contribution in [3.05, 3.63) is 60.8 Å². The van der Waals surface area contributed by atoms with Gasteiger partial charge in [-0.25, -0.2) is 4.57 Å². The van der Waals surface area contributed by atoms with Gasteiger partial charge in [0.1, 0.15) is 36.6 Å². The molecule has 0 saturated heterocycles. The van der Waals surface area contributed by atoms with E-state index in [1.165, 1.54) is 122 Å². The summed E-state index contributed by atoms with van der Waals surface area (Å²) in [6.45, 7) is 3.64. The van der Waals surface area contributed by atoms with Gasteiger partial charge in [0.25, 0.3) is 0 Å². The van der Waals surface area contributed by atoms with Crippen molar-refractivity contribution in [3.63, 3.8) is 0 Å². The number of unbranched alkanes of at least 4 members (excludes halogenated alkanes) is 23. The minimum absolute atomic E-state index is 0.259. The molecule has 0 heterocycles. The van der Waals surface area contributed by atoms with Gasteiger partial charge in [-0.1, -0.05) is 197 Å². The third-order valence-corrected chi connectivity index (χ3v) is 13.6. The molecule has 0 spiro atoms. The fourth-order valence-corrected chi connectivity index (χ4v) is 9.22. The molecule has 8 atom stereocenters. The van der Waals surface area contributed by atoms with Crippen LogP contribution in [0.25, 0.3) is 0 Å². The number of carbonyl (C=O) groups is 1. The SMILES string of the molecule is CC/C=C\C/C=C\CCCCCCCCCCCCCCC(O)CC(=O)NC(COP(=O)(O)OC1C(O)C(O)C(O)C(O)C1O)C(O)/C=C/CC/C=C/CC/C=C/CCCCCCCCCCC. The highest BCUT2D eigenvalue weighted by Gasteiger charge is 2.51. The fraction of sp³-hybridized carbons (Fsp3) is 0.796. The number of rotatable bonds is 44. The lowest BCUT2D eigenvalue weighted by molar-refractivity contribution is -0.220. The van der Waals surface area contributed by atoms with Gasteiger partial charge in [-0.05, 0) is 70.6 Å². The van der Waals surface area contributed by atoms with Gasteiger partial charge in [-0.2, -0.15) is 0 Å². The molecule has 14 heteroatoms. The van der Waals surface area contributed by atoms with E-state index in [1.807, 2.05) is 0 Å². The number of aliphatic hydroxyl groups is 7. The van der Waals surface area contributed by atoms with Crippen molar-refractivity contribution in [2.45, 2.75) is 268 Å². The second-order valence-electron chi connectivity index (χ2n) is 18.9. The van der Waals surface area contributed by atoms with Crippen molar-refractivity contribution in [2.75, 3.05) is 6.61 Å². The minimum Gasteiger partial charge on any atom is -0.393 e. The van der Waals surface area contributed by atoms with Crippen LogP contribution in [0.15, 0.2) is 60.8 Å². The van der Waals surface area contributed by atoms with Gasteiger partial charge < -0.3 is 46.0 Å². The lowest BCUT2D eigenvalue weighted by Gasteiger charge is -2.41. The maximum atomic E-state index is 13.1. The Morgan fingerprint density at radius 2 is 0.956 bits per heavy atom. The van der Waals surface area contributed by atoms with Crippen molar-refractivity contribution in [2.24, 2.45) is 0 Å². The van der Waals surface area contributed by atoms with Crippen molar-refractivity contribution in [1.29, 1.82) is 0 Å². The molecule has 0 bridgehead atoms. The number of hydrogen-bond donors (Lipinski definition) is 9. The highest BCUT2D eigenvalue weighted by atomic mass is 31.2. The highest BCUT2D eigenvalue weighted by Crippen LogP contribution is 2.47. The topological polar surface area (TPSA) is 226 Å². The zero-order valence-electron chi connectivity index (χ0n) is 42.3. The third-order valence-electron chi connectivity index (χ3n) is 12.6. The molecule has 1 aliphatic rings. The molecule has 1 rings (SSSR count). The average molecular weight is 984 g/mol. The van der Waals surface area contributed by atoms with E-state index in [0.717, 1.165) is 57.8 Å². The summed E-state index contributed by atoms with van der Waals surface area (Å²) >= 11 is 0. The summed E-state index contributed by atoms with van der Waals surface area (Å²) < 4.78 is 22.9. The first-order chi connectivity index (χ1) is 32.8. The van der Waals surface area contributed by atoms with Crippen LogP contribution in [0.5, 0.6) is 0 Å². The Bertz CT molecular complexity index is 1390. The summed E-state index contributed by atoms with van der Waals surface area (Å²) in [5.41, 5.74) is 0. The monoisotopic (exact) mass is 984 g/mol. The Morgan fingerprint density at radius 3 is 1.46 bits per heavy atom. The third kappa shape index (κ3) is 33.6. The molecule has 0 aromatic carbocycles. The molecule has 8 unspecified atom stereocenters. The Balaban J connectivity index is 2.49. The number of hydrogen-bond acceptors (Lipinski definition) is 11. The van der Waals surface area contributed by atoms with E-state index in [-0.39, 0.29) is 6.42 Å². The van der Waals surface area contributed by atoms with Gasteiger partial charge in [0.2, 0.25) is 5.91 Å². The van der Waals surface area contributed by atoms with E-state index in [1.54, 1.807) is 6.08 Å². The molecule has 0 aromatic rings. The van der Waals surface area contributed by atoms with Crippen molar-refractivity contribution >= 4 is 13.7 Å². The predicted molar refractivity (Wildman–Crippen MR) is 275 cm³/mol. The Kier molecular flexibility index (Phi) is 40.2. The summed E-state index contributed by atoms with van der Waals surface area (Å²) in [5.74, 6) is -0.608. The molecule has 1 saturated carbocycles. The summed E-state index contributed by atoms with van der Waals surface area (Å²) in [6, 6.07) is -1.27. The van der Waals surface area contributed by atoms with Crippen LogP contribution in [0, 0.1) is 0 Å². The largest absolute Gasteiger partial charge is 0.472 e. The first kappa shape index (κ1) is 64.0. The molecule has 13 nitrogen and oxygen atoms in total. The fourth-order valence-electron chi connectivity index (χ4n) is 8.25. The van der Waals surface area contributed by atoms with Crippen LogP contribution in [0.4, 0.5) is 0 Å². The molecular formula is C54H98NO12P. The predicted octanol–water partition coefficient (Wildman–Crippen LogP) is 10.4. The van der Waals surface area contributed by atoms with Crippen molar-refractivity contribution in [1.82, 2.24) is 5.32 Å². The van der Waals surface area contributed by atoms with Crippen molar-refractivity contribution < 1.29 is 59.0 Å². The second kappa shape index (κ2) is 42.7. The average Bonchev–Trinajstić information content (AvgIpc) is 3.31. The van der Waals surface area contributed by atoms with Gasteiger partial charge in [0.05, 0.1) is 31.3 Å². The van der Waals surface area contributed by atoms with Gasteiger partial charge in [0, 0.05) is 0 Å². The van der Waals surface area contributed by atoms with Crippen LogP contribution in [0.2, 0.25) is 0 Å². The zero-order valence-corrected chi connectivity index (χ0v) is 43.1. The quantitative estimate of drug-likeness (QED) is 0.0158. The Labute approximate surface area is 411 Å². The molecule has 1 aliphatic carbocycles. The summed E-state index contributed by atoms with van der Waals surface area (Å²) in [5, 5.41) is 74.7. The highest BCUT2D eigenvalue weighted by molar-refractivity contribution is 7.47. The number of allylic oxidation sites excluding steroid dienone is 9. The molecule has 68 heavy (non-hydrogen) atoms. The Morgan fingerprint density at radius 1 is 0.544 bits per heavy atom. The molecule has 0 aromatic heterocycles. The second-order valence-corrected chi connectivity index (χ2v) is 20.3. The molecule has 1 fully saturated rings. The van der Waals surface area contributed by atoms with E-state index >= 15 is 0 Å². The summed E-state index contributed by atoms with van der Waals surface area (Å²) in [7, 11) is -5.16. The zero-order chi connectivity index (χ0) is 50.1. The van der Waals surface area contributed by atoms with E-state index in [9.17, 15) is 50.0 Å². The number of amides is 1. The van der Waals surface area contributed by atoms with Crippen molar-refractivity contribution in [3.8, 4) is 0 Å². The smallest absolute Gasteiger partial charge is 0.393 e. The lowest BCUT2D eigenvalue weighted by Crippen LogP contribution is -2.64. The lowest BCUT2D eigenvalue weighted by atomic mass is 9.85. The van der Waals surface area contributed by atoms with E-state index in [2.05, 4.69) is 67.8 Å². The van der Waals surface area contributed by atoms with Crippen LogP contribution in [-0.4, -0.2) is 108 Å². The van der Waals surface area contributed by atoms with Crippen LogP contribution < -0.4 is 5.32 Å². The number of phosphoric ester groups is 1. The molecule has 1 amide bonds. The summed E-state index contributed by atoms with van der Waals surface area (Å²) in [4.78, 5) is 23.5. The molecular weight excluding hydrogens is 886 g/mol. The standard InChI is InChI=1S/C54H98NO12P/c1-3-5-7-9-11-13-15-17-19-21-23-25-27-29-31-33-35-37-39-41-45(56)43-48(58)55-46(44-66-68(64,65)67-54-52(62)50(60)49(59)51(61)53(54)63)47(57)42-40-38-36-34-32-30-28-26-24-22-20-18-16-14-12-10-8-6-4-2/h5,7,11,13,24,26,32,34,40,42,45-47,49-54,56-57,59-63H,3-4,6,8-10,12,14-23,25,27-31,33,35-39,41,43-44H2,1-2H3,(H,55,58)(H,64,65)/b7-5-,13-11-,26-24+,34-32+,42-40+. The maximum absolute atomic E-state index is 13.1. The maximum Gasteiger partial charge on any atom is 0.472 e. The van der Waals surface area contributed by atoms with Gasteiger partial charge in [-0.15, -0.1) is 0 Å². The molecule has 396 valence electrons. The number of nitrogens with one attached hydrogen (secondary N) is 1. The van der Waals surface area contributed by atoms with Crippen LogP contribution in [0.1, 0.15) is 213 Å². The van der Waals surface area contributed by atoms with Gasteiger partial charge >= 0.3 is 7.82 Å². The normalized spacial score (nSPS) is 22.6. The number of carbonyl (C=O) groups excluding carboxylic acids is 1. The van der Waals surface area contributed by atoms with E-state index in [0.29, 0.717) is 19.3 Å². The van der Waals surface area contributed by atoms with Crippen LogP contribution >= 0.6 is 7.82 Å². The Hall–Kier alpha value is -2.00. The molecule has 0 aliphatic heterocycles. The molecule has 0 radical (unpaired) electrons. The minimum atomic E-state index is -5.16. The van der Waals surface area contributed by atoms with E-state index in [4.69, 9.17) is 9.05 Å². The first-order valence-electron chi connectivity index (χ1n) is 26.8. The number of phosphoric acid groups is 1. The van der Waals surface area contributed by atoms with Crippen LogP contribution in [-0.2, 0) is 18.4 Å². The van der Waals surface area contributed by atoms with Crippen LogP contribution in [0.3, 0.4) is 0 Å².